The van der Waals surface area contributed by atoms with Gasteiger partial charge < -0.3 is 15.7 Å². The normalized spacial score (nSPS) is 14.8. The van der Waals surface area contributed by atoms with Gasteiger partial charge in [0, 0.05) is 12.2 Å². The zero-order valence-corrected chi connectivity index (χ0v) is 24.0. The summed E-state index contributed by atoms with van der Waals surface area (Å²) in [7, 11) is -4.30. The number of carboxylic acids is 1. The number of rotatable bonds is 10. The number of sulfonamides is 1. The van der Waals surface area contributed by atoms with Gasteiger partial charge in [-0.2, -0.15) is 4.72 Å². The minimum absolute atomic E-state index is 0.0975. The smallest absolute Gasteiger partial charge is 0.322 e. The lowest BCUT2D eigenvalue weighted by Crippen LogP contribution is -2.42. The number of amides is 2. The van der Waals surface area contributed by atoms with Gasteiger partial charge in [0.2, 0.25) is 10.0 Å². The maximum absolute atomic E-state index is 12.9. The zero-order chi connectivity index (χ0) is 28.7. The fourth-order valence-electron chi connectivity index (χ4n) is 4.81. The fourth-order valence-corrected chi connectivity index (χ4v) is 7.15. The van der Waals surface area contributed by atoms with Gasteiger partial charge in [0.05, 0.1) is 10.0 Å². The lowest BCUT2D eigenvalue weighted by atomic mass is 9.89. The van der Waals surface area contributed by atoms with Crippen LogP contribution in [0.15, 0.2) is 71.6 Å². The molecule has 4 rings (SSSR count). The van der Waals surface area contributed by atoms with E-state index in [1.165, 1.54) is 37.5 Å². The van der Waals surface area contributed by atoms with E-state index in [1.807, 2.05) is 36.4 Å². The van der Waals surface area contributed by atoms with E-state index in [0.29, 0.717) is 23.7 Å². The van der Waals surface area contributed by atoms with E-state index in [0.717, 1.165) is 24.0 Å². The van der Waals surface area contributed by atoms with E-state index in [2.05, 4.69) is 15.4 Å². The Hall–Kier alpha value is -3.11. The molecule has 0 aliphatic heterocycles. The molecule has 1 aliphatic carbocycles. The molecule has 212 valence electrons. The number of nitrogens with one attached hydrogen (secondary N) is 3. The van der Waals surface area contributed by atoms with Crippen LogP contribution < -0.4 is 15.4 Å². The summed E-state index contributed by atoms with van der Waals surface area (Å²) in [5.74, 6) is -0.800. The fraction of sp³-hybridized carbons (Fsp3) is 0.310. The van der Waals surface area contributed by atoms with E-state index < -0.39 is 22.0 Å². The molecule has 0 spiro atoms. The van der Waals surface area contributed by atoms with Crippen molar-refractivity contribution in [1.29, 1.82) is 0 Å². The minimum atomic E-state index is -4.30. The Balaban J connectivity index is 1.40. The van der Waals surface area contributed by atoms with Crippen molar-refractivity contribution in [2.24, 2.45) is 5.92 Å². The Bertz CT molecular complexity index is 1440. The lowest BCUT2D eigenvalue weighted by molar-refractivity contribution is -0.138. The molecule has 1 fully saturated rings. The first-order chi connectivity index (χ1) is 19.1. The maximum Gasteiger partial charge on any atom is 0.322 e. The van der Waals surface area contributed by atoms with E-state index >= 15 is 0 Å². The maximum atomic E-state index is 12.9. The summed E-state index contributed by atoms with van der Waals surface area (Å²) in [5.41, 5.74) is 2.98. The highest BCUT2D eigenvalue weighted by Gasteiger charge is 2.29. The number of urea groups is 1. The molecule has 0 aromatic heterocycles. The summed E-state index contributed by atoms with van der Waals surface area (Å²) >= 11 is 12.0. The third-order valence-electron chi connectivity index (χ3n) is 6.91. The molecular formula is C29H31Cl2N3O5S. The standard InChI is InChI=1S/C29H31Cl2N3O5S/c30-24-10-5-11-25(31)27(24)40(38,39)34-26(28(35)36)16-19-12-14-21(15-13-19)22-8-4-9-23(17-22)33-29(37)32-18-20-6-2-1-3-7-20/h4-5,8-15,17,20,26,34H,1-3,6-7,16,18H2,(H,35,36)(H2,32,33,37). The van der Waals surface area contributed by atoms with Crippen LogP contribution in [-0.4, -0.2) is 38.1 Å². The summed E-state index contributed by atoms with van der Waals surface area (Å²) in [6.07, 6.45) is 5.92. The molecule has 1 aliphatic rings. The van der Waals surface area contributed by atoms with Gasteiger partial charge in [0.25, 0.3) is 0 Å². The number of halogens is 2. The molecular weight excluding hydrogens is 573 g/mol. The van der Waals surface area contributed by atoms with E-state index in [-0.39, 0.29) is 27.4 Å². The summed E-state index contributed by atoms with van der Waals surface area (Å²) in [4.78, 5) is 23.9. The van der Waals surface area contributed by atoms with E-state index in [4.69, 9.17) is 23.2 Å². The molecule has 0 heterocycles. The Morgan fingerprint density at radius 1 is 0.900 bits per heavy atom. The highest BCUT2D eigenvalue weighted by Crippen LogP contribution is 2.29. The zero-order valence-electron chi connectivity index (χ0n) is 21.7. The van der Waals surface area contributed by atoms with Crippen molar-refractivity contribution >= 4 is 50.9 Å². The van der Waals surface area contributed by atoms with Gasteiger partial charge in [-0.15, -0.1) is 0 Å². The van der Waals surface area contributed by atoms with Crippen LogP contribution in [0.3, 0.4) is 0 Å². The molecule has 1 atom stereocenters. The number of carbonyl (C=O) groups is 2. The van der Waals surface area contributed by atoms with Crippen molar-refractivity contribution in [2.45, 2.75) is 49.5 Å². The van der Waals surface area contributed by atoms with E-state index in [1.54, 1.807) is 12.1 Å². The summed E-state index contributed by atoms with van der Waals surface area (Å²) < 4.78 is 27.9. The number of aliphatic carboxylic acids is 1. The first kappa shape index (κ1) is 29.9. The highest BCUT2D eigenvalue weighted by molar-refractivity contribution is 7.89. The molecule has 8 nitrogen and oxygen atoms in total. The molecule has 3 aromatic rings. The number of carbonyl (C=O) groups excluding carboxylic acids is 1. The molecule has 2 amide bonds. The molecule has 1 saturated carbocycles. The number of carboxylic acid groups (broad SMARTS) is 1. The van der Waals surface area contributed by atoms with Crippen molar-refractivity contribution in [3.8, 4) is 11.1 Å². The van der Waals surface area contributed by atoms with Gasteiger partial charge in [-0.25, -0.2) is 13.2 Å². The predicted octanol–water partition coefficient (Wildman–Crippen LogP) is 6.34. The third kappa shape index (κ3) is 7.97. The second kappa shape index (κ2) is 13.5. The molecule has 0 bridgehead atoms. The highest BCUT2D eigenvalue weighted by atomic mass is 35.5. The van der Waals surface area contributed by atoms with Gasteiger partial charge >= 0.3 is 12.0 Å². The molecule has 11 heteroatoms. The van der Waals surface area contributed by atoms with Gasteiger partial charge in [-0.1, -0.05) is 84.9 Å². The van der Waals surface area contributed by atoms with Crippen molar-refractivity contribution in [1.82, 2.24) is 10.0 Å². The van der Waals surface area contributed by atoms with Crippen LogP contribution >= 0.6 is 23.2 Å². The van der Waals surface area contributed by atoms with Crippen LogP contribution in [0.5, 0.6) is 0 Å². The number of anilines is 1. The van der Waals surface area contributed by atoms with E-state index in [9.17, 15) is 23.1 Å². The van der Waals surface area contributed by atoms with Gasteiger partial charge in [0.15, 0.2) is 0 Å². The molecule has 4 N–H and O–H groups in total. The van der Waals surface area contributed by atoms with Crippen LogP contribution in [0.4, 0.5) is 10.5 Å². The molecule has 40 heavy (non-hydrogen) atoms. The lowest BCUT2D eigenvalue weighted by Gasteiger charge is -2.21. The average Bonchev–Trinajstić information content (AvgIpc) is 2.92. The predicted molar refractivity (Wildman–Crippen MR) is 157 cm³/mol. The Morgan fingerprint density at radius 3 is 2.20 bits per heavy atom. The van der Waals surface area contributed by atoms with Gasteiger partial charge in [-0.3, -0.25) is 4.79 Å². The van der Waals surface area contributed by atoms with Crippen molar-refractivity contribution in [2.75, 3.05) is 11.9 Å². The summed E-state index contributed by atoms with van der Waals surface area (Å²) in [5, 5.41) is 15.3. The van der Waals surface area contributed by atoms with Crippen LogP contribution in [0.1, 0.15) is 37.7 Å². The Morgan fingerprint density at radius 2 is 1.55 bits per heavy atom. The van der Waals surface area contributed by atoms with Crippen LogP contribution in [-0.2, 0) is 21.2 Å². The van der Waals surface area contributed by atoms with Crippen molar-refractivity contribution in [3.05, 3.63) is 82.3 Å². The molecule has 1 unspecified atom stereocenters. The quantitative estimate of drug-likeness (QED) is 0.215. The number of hydrogen-bond acceptors (Lipinski definition) is 4. The minimum Gasteiger partial charge on any atom is -0.480 e. The first-order valence-electron chi connectivity index (χ1n) is 13.1. The van der Waals surface area contributed by atoms with Crippen molar-refractivity contribution in [3.63, 3.8) is 0 Å². The average molecular weight is 605 g/mol. The second-order valence-electron chi connectivity index (χ2n) is 9.88. The van der Waals surface area contributed by atoms with Crippen LogP contribution in [0.25, 0.3) is 11.1 Å². The van der Waals surface area contributed by atoms with Crippen LogP contribution in [0.2, 0.25) is 10.0 Å². The first-order valence-corrected chi connectivity index (χ1v) is 15.3. The topological polar surface area (TPSA) is 125 Å². The second-order valence-corrected chi connectivity index (χ2v) is 12.3. The van der Waals surface area contributed by atoms with Crippen molar-refractivity contribution < 1.29 is 23.1 Å². The SMILES string of the molecule is O=C(NCC1CCCCC1)Nc1cccc(-c2ccc(CC(NS(=O)(=O)c3c(Cl)cccc3Cl)C(=O)O)cc2)c1. The van der Waals surface area contributed by atoms with Crippen LogP contribution in [0, 0.1) is 5.92 Å². The largest absolute Gasteiger partial charge is 0.480 e. The Labute approximate surface area is 244 Å². The summed E-state index contributed by atoms with van der Waals surface area (Å²) in [6, 6.07) is 17.1. The molecule has 0 radical (unpaired) electrons. The molecule has 0 saturated heterocycles. The number of benzene rings is 3. The molecule has 3 aromatic carbocycles. The van der Waals surface area contributed by atoms with Gasteiger partial charge in [0.1, 0.15) is 10.9 Å². The summed E-state index contributed by atoms with van der Waals surface area (Å²) in [6.45, 7) is 0.673. The number of hydrogen-bond donors (Lipinski definition) is 4. The third-order valence-corrected chi connectivity index (χ3v) is 9.33. The monoisotopic (exact) mass is 603 g/mol. The Kier molecular flexibility index (Phi) is 10.1. The van der Waals surface area contributed by atoms with Gasteiger partial charge in [-0.05, 0) is 66.1 Å².